The molecule has 132 valence electrons. The third kappa shape index (κ3) is 6.30. The first-order chi connectivity index (χ1) is 12.1. The standard InChI is InChI=1S/C20H23NO4/c1-2-7-17(12-15-8-4-3-5-9-15)21-20(24)16-10-6-11-18(13-16)25-14-19(22)23/h3-6,8-11,13,17H,2,7,12,14H2,1H3,(H,21,24)(H,22,23). The fourth-order valence-electron chi connectivity index (χ4n) is 2.61. The Morgan fingerprint density at radius 2 is 1.88 bits per heavy atom. The van der Waals surface area contributed by atoms with E-state index in [0.717, 1.165) is 19.3 Å². The van der Waals surface area contributed by atoms with Gasteiger partial charge in [-0.25, -0.2) is 4.79 Å². The van der Waals surface area contributed by atoms with Gasteiger partial charge in [0.15, 0.2) is 6.61 Å². The highest BCUT2D eigenvalue weighted by atomic mass is 16.5. The lowest BCUT2D eigenvalue weighted by molar-refractivity contribution is -0.139. The van der Waals surface area contributed by atoms with Crippen LogP contribution in [0.4, 0.5) is 0 Å². The largest absolute Gasteiger partial charge is 0.482 e. The Balaban J connectivity index is 2.02. The summed E-state index contributed by atoms with van der Waals surface area (Å²) in [6, 6.07) is 16.7. The zero-order valence-corrected chi connectivity index (χ0v) is 14.3. The summed E-state index contributed by atoms with van der Waals surface area (Å²) in [4.78, 5) is 23.1. The van der Waals surface area contributed by atoms with E-state index in [-0.39, 0.29) is 11.9 Å². The van der Waals surface area contributed by atoms with Crippen LogP contribution in [0.15, 0.2) is 54.6 Å². The molecule has 1 amide bonds. The summed E-state index contributed by atoms with van der Waals surface area (Å²) in [5, 5.41) is 11.7. The highest BCUT2D eigenvalue weighted by molar-refractivity contribution is 5.94. The number of carbonyl (C=O) groups excluding carboxylic acids is 1. The molecule has 0 aliphatic heterocycles. The molecule has 0 saturated heterocycles. The zero-order chi connectivity index (χ0) is 18.1. The number of hydrogen-bond donors (Lipinski definition) is 2. The second-order valence-corrected chi connectivity index (χ2v) is 5.86. The van der Waals surface area contributed by atoms with Crippen molar-refractivity contribution in [1.29, 1.82) is 0 Å². The molecule has 0 heterocycles. The molecule has 0 aromatic heterocycles. The smallest absolute Gasteiger partial charge is 0.341 e. The van der Waals surface area contributed by atoms with Crippen molar-refractivity contribution in [1.82, 2.24) is 5.32 Å². The van der Waals surface area contributed by atoms with Crippen LogP contribution in [0.25, 0.3) is 0 Å². The average molecular weight is 341 g/mol. The van der Waals surface area contributed by atoms with Gasteiger partial charge in [-0.05, 0) is 36.6 Å². The van der Waals surface area contributed by atoms with Gasteiger partial charge in [0.25, 0.3) is 5.91 Å². The second-order valence-electron chi connectivity index (χ2n) is 5.86. The molecule has 0 aliphatic rings. The van der Waals surface area contributed by atoms with E-state index in [2.05, 4.69) is 24.4 Å². The van der Waals surface area contributed by atoms with Gasteiger partial charge < -0.3 is 15.2 Å². The van der Waals surface area contributed by atoms with Crippen molar-refractivity contribution >= 4 is 11.9 Å². The van der Waals surface area contributed by atoms with Gasteiger partial charge in [0.2, 0.25) is 0 Å². The van der Waals surface area contributed by atoms with E-state index in [9.17, 15) is 9.59 Å². The third-order valence-corrected chi connectivity index (χ3v) is 3.76. The van der Waals surface area contributed by atoms with Crippen LogP contribution in [0.1, 0.15) is 35.7 Å². The molecular formula is C20H23NO4. The van der Waals surface area contributed by atoms with Gasteiger partial charge in [-0.2, -0.15) is 0 Å². The zero-order valence-electron chi connectivity index (χ0n) is 14.3. The number of carboxylic acid groups (broad SMARTS) is 1. The molecule has 1 unspecified atom stereocenters. The van der Waals surface area contributed by atoms with Gasteiger partial charge in [-0.15, -0.1) is 0 Å². The maximum Gasteiger partial charge on any atom is 0.341 e. The van der Waals surface area contributed by atoms with E-state index >= 15 is 0 Å². The van der Waals surface area contributed by atoms with E-state index in [1.165, 1.54) is 5.56 Å². The van der Waals surface area contributed by atoms with Gasteiger partial charge in [0, 0.05) is 11.6 Å². The van der Waals surface area contributed by atoms with Crippen LogP contribution in [-0.4, -0.2) is 29.6 Å². The monoisotopic (exact) mass is 341 g/mol. The number of nitrogens with one attached hydrogen (secondary N) is 1. The molecule has 5 nitrogen and oxygen atoms in total. The van der Waals surface area contributed by atoms with Crippen LogP contribution in [0.2, 0.25) is 0 Å². The lowest BCUT2D eigenvalue weighted by Crippen LogP contribution is -2.36. The molecule has 0 bridgehead atoms. The molecule has 0 spiro atoms. The first kappa shape index (κ1) is 18.5. The Morgan fingerprint density at radius 3 is 2.56 bits per heavy atom. The van der Waals surface area contributed by atoms with Crippen LogP contribution in [-0.2, 0) is 11.2 Å². The van der Waals surface area contributed by atoms with Crippen molar-refractivity contribution in [3.8, 4) is 5.75 Å². The minimum atomic E-state index is -1.05. The summed E-state index contributed by atoms with van der Waals surface area (Å²) in [7, 11) is 0. The molecule has 25 heavy (non-hydrogen) atoms. The van der Waals surface area contributed by atoms with Crippen LogP contribution in [0.3, 0.4) is 0 Å². The Labute approximate surface area is 147 Å². The normalized spacial score (nSPS) is 11.6. The number of carbonyl (C=O) groups is 2. The second kappa shape index (κ2) is 9.47. The maximum absolute atomic E-state index is 12.5. The van der Waals surface area contributed by atoms with Crippen molar-refractivity contribution in [2.45, 2.75) is 32.2 Å². The number of rotatable bonds is 9. The van der Waals surface area contributed by atoms with Gasteiger partial charge in [-0.3, -0.25) is 4.79 Å². The number of ether oxygens (including phenoxy) is 1. The van der Waals surface area contributed by atoms with Crippen LogP contribution in [0, 0.1) is 0 Å². The average Bonchev–Trinajstić information content (AvgIpc) is 2.61. The molecule has 2 N–H and O–H groups in total. The predicted octanol–water partition coefficient (Wildman–Crippen LogP) is 3.29. The molecule has 0 aliphatic carbocycles. The van der Waals surface area contributed by atoms with Crippen molar-refractivity contribution in [2.75, 3.05) is 6.61 Å². The summed E-state index contributed by atoms with van der Waals surface area (Å²) >= 11 is 0. The van der Waals surface area contributed by atoms with E-state index in [0.29, 0.717) is 11.3 Å². The van der Waals surface area contributed by atoms with Gasteiger partial charge in [0.1, 0.15) is 5.75 Å². The minimum Gasteiger partial charge on any atom is -0.482 e. The van der Waals surface area contributed by atoms with E-state index in [1.807, 2.05) is 18.2 Å². The Hall–Kier alpha value is -2.82. The molecular weight excluding hydrogens is 318 g/mol. The predicted molar refractivity (Wildman–Crippen MR) is 95.9 cm³/mol. The Bertz CT molecular complexity index is 700. The topological polar surface area (TPSA) is 75.6 Å². The fraction of sp³-hybridized carbons (Fsp3) is 0.300. The lowest BCUT2D eigenvalue weighted by Gasteiger charge is -2.18. The first-order valence-corrected chi connectivity index (χ1v) is 8.38. The van der Waals surface area contributed by atoms with Crippen molar-refractivity contribution in [3.05, 3.63) is 65.7 Å². The maximum atomic E-state index is 12.5. The molecule has 2 rings (SSSR count). The summed E-state index contributed by atoms with van der Waals surface area (Å²) < 4.78 is 5.13. The van der Waals surface area contributed by atoms with E-state index < -0.39 is 12.6 Å². The number of aliphatic carboxylic acids is 1. The number of benzene rings is 2. The van der Waals surface area contributed by atoms with Crippen molar-refractivity contribution < 1.29 is 19.4 Å². The summed E-state index contributed by atoms with van der Waals surface area (Å²) in [6.07, 6.45) is 2.63. The summed E-state index contributed by atoms with van der Waals surface area (Å²) in [6.45, 7) is 1.65. The third-order valence-electron chi connectivity index (χ3n) is 3.76. The van der Waals surface area contributed by atoms with Crippen LogP contribution in [0.5, 0.6) is 5.75 Å². The van der Waals surface area contributed by atoms with Gasteiger partial charge in [0.05, 0.1) is 0 Å². The number of amides is 1. The van der Waals surface area contributed by atoms with E-state index in [4.69, 9.17) is 9.84 Å². The van der Waals surface area contributed by atoms with E-state index in [1.54, 1.807) is 24.3 Å². The quantitative estimate of drug-likeness (QED) is 0.734. The van der Waals surface area contributed by atoms with Crippen LogP contribution < -0.4 is 10.1 Å². The van der Waals surface area contributed by atoms with Gasteiger partial charge in [-0.1, -0.05) is 49.7 Å². The first-order valence-electron chi connectivity index (χ1n) is 8.38. The molecule has 5 heteroatoms. The molecule has 0 radical (unpaired) electrons. The number of hydrogen-bond acceptors (Lipinski definition) is 3. The SMILES string of the molecule is CCCC(Cc1ccccc1)NC(=O)c1cccc(OCC(=O)O)c1. The molecule has 0 fully saturated rings. The minimum absolute atomic E-state index is 0.0449. The molecule has 2 aromatic carbocycles. The van der Waals surface area contributed by atoms with Crippen LogP contribution >= 0.6 is 0 Å². The fourth-order valence-corrected chi connectivity index (χ4v) is 2.61. The van der Waals surface area contributed by atoms with Gasteiger partial charge >= 0.3 is 5.97 Å². The van der Waals surface area contributed by atoms with Crippen molar-refractivity contribution in [3.63, 3.8) is 0 Å². The summed E-state index contributed by atoms with van der Waals surface area (Å²) in [5.74, 6) is -0.874. The van der Waals surface area contributed by atoms with Crippen molar-refractivity contribution in [2.24, 2.45) is 0 Å². The molecule has 0 saturated carbocycles. The highest BCUT2D eigenvalue weighted by Crippen LogP contribution is 2.14. The highest BCUT2D eigenvalue weighted by Gasteiger charge is 2.14. The molecule has 1 atom stereocenters. The number of carboxylic acids is 1. The summed E-state index contributed by atoms with van der Waals surface area (Å²) in [5.41, 5.74) is 1.64. The molecule has 2 aromatic rings. The lowest BCUT2D eigenvalue weighted by atomic mass is 10.0. The Kier molecular flexibility index (Phi) is 7.01. The Morgan fingerprint density at radius 1 is 1.12 bits per heavy atom.